The Balaban J connectivity index is 1.42. The number of hydrogen-bond acceptors (Lipinski definition) is 5. The Hall–Kier alpha value is -2.23. The average molecular weight is 558 g/mol. The topological polar surface area (TPSA) is 71.9 Å². The molecule has 0 aliphatic carbocycles. The minimum Gasteiger partial charge on any atom is -0.494 e. The van der Waals surface area contributed by atoms with E-state index in [4.69, 9.17) is 0 Å². The van der Waals surface area contributed by atoms with Crippen molar-refractivity contribution in [3.63, 3.8) is 0 Å². The average Bonchev–Trinajstić information content (AvgIpc) is 2.79. The van der Waals surface area contributed by atoms with Crippen molar-refractivity contribution in [3.05, 3.63) is 67.5 Å². The first-order chi connectivity index (χ1) is 15.9. The summed E-state index contributed by atoms with van der Waals surface area (Å²) < 4.78 is 0.993. The Morgan fingerprint density at radius 2 is 1.88 bits per heavy atom. The molecule has 7 heteroatoms. The largest absolute Gasteiger partial charge is 0.494 e. The molecule has 0 atom stereocenters. The Kier molecular flexibility index (Phi) is 7.82. The SMILES string of the molecule is CN(C)CCCN1CCC(c2ccc(N=Cc3c(O)[nH]c(=O)c4ccc(I)cc34)cc2)CC1. The summed E-state index contributed by atoms with van der Waals surface area (Å²) in [6.45, 7) is 4.66. The van der Waals surface area contributed by atoms with Gasteiger partial charge in [0.25, 0.3) is 5.56 Å². The monoisotopic (exact) mass is 558 g/mol. The number of aromatic hydroxyl groups is 1. The predicted octanol–water partition coefficient (Wildman–Crippen LogP) is 4.72. The zero-order chi connectivity index (χ0) is 23.4. The molecule has 3 aromatic rings. The maximum atomic E-state index is 12.2. The fraction of sp³-hybridized carbons (Fsp3) is 0.385. The number of aromatic amines is 1. The summed E-state index contributed by atoms with van der Waals surface area (Å²) in [5, 5.41) is 11.6. The second-order valence-electron chi connectivity index (χ2n) is 9.03. The molecule has 174 valence electrons. The van der Waals surface area contributed by atoms with Gasteiger partial charge < -0.3 is 14.9 Å². The number of H-pyrrole nitrogens is 1. The number of likely N-dealkylation sites (tertiary alicyclic amines) is 1. The predicted molar refractivity (Wildman–Crippen MR) is 144 cm³/mol. The number of rotatable bonds is 7. The second kappa shape index (κ2) is 10.8. The molecule has 2 heterocycles. The number of nitrogens with one attached hydrogen (secondary N) is 1. The molecule has 1 aliphatic heterocycles. The minimum atomic E-state index is -0.302. The number of fused-ring (bicyclic) bond motifs is 1. The van der Waals surface area contributed by atoms with E-state index in [1.54, 1.807) is 12.3 Å². The van der Waals surface area contributed by atoms with E-state index in [1.165, 1.54) is 31.4 Å². The first kappa shape index (κ1) is 23.9. The Labute approximate surface area is 208 Å². The summed E-state index contributed by atoms with van der Waals surface area (Å²) in [6, 6.07) is 14.0. The molecule has 4 rings (SSSR count). The van der Waals surface area contributed by atoms with Crippen LogP contribution in [0.3, 0.4) is 0 Å². The first-order valence-electron chi connectivity index (χ1n) is 11.5. The fourth-order valence-corrected chi connectivity index (χ4v) is 5.00. The van der Waals surface area contributed by atoms with E-state index in [9.17, 15) is 9.90 Å². The zero-order valence-corrected chi connectivity index (χ0v) is 21.4. The van der Waals surface area contributed by atoms with Crippen LogP contribution in [0.1, 0.15) is 36.3 Å². The summed E-state index contributed by atoms with van der Waals surface area (Å²) >= 11 is 2.20. The number of halogens is 1. The number of pyridine rings is 1. The lowest BCUT2D eigenvalue weighted by Crippen LogP contribution is -2.34. The van der Waals surface area contributed by atoms with Gasteiger partial charge in [0.2, 0.25) is 5.88 Å². The molecule has 0 unspecified atom stereocenters. The lowest BCUT2D eigenvalue weighted by molar-refractivity contribution is 0.203. The van der Waals surface area contributed by atoms with E-state index in [2.05, 4.69) is 68.6 Å². The number of aliphatic imine (C=N–C) groups is 1. The van der Waals surface area contributed by atoms with Gasteiger partial charge in [-0.05, 0) is 124 Å². The van der Waals surface area contributed by atoms with Crippen LogP contribution in [0.2, 0.25) is 0 Å². The summed E-state index contributed by atoms with van der Waals surface area (Å²) in [6.07, 6.45) is 5.25. The van der Waals surface area contributed by atoms with Crippen molar-refractivity contribution in [2.45, 2.75) is 25.2 Å². The molecule has 0 saturated carbocycles. The van der Waals surface area contributed by atoms with Gasteiger partial charge in [-0.1, -0.05) is 12.1 Å². The number of nitrogens with zero attached hydrogens (tertiary/aromatic N) is 3. The third-order valence-electron chi connectivity index (χ3n) is 6.38. The van der Waals surface area contributed by atoms with Crippen LogP contribution in [-0.2, 0) is 0 Å². The van der Waals surface area contributed by atoms with Crippen molar-refractivity contribution in [1.29, 1.82) is 0 Å². The van der Waals surface area contributed by atoms with Gasteiger partial charge in [0.05, 0.1) is 11.3 Å². The van der Waals surface area contributed by atoms with E-state index in [0.717, 1.165) is 28.9 Å². The van der Waals surface area contributed by atoms with Gasteiger partial charge in [-0.15, -0.1) is 0 Å². The summed E-state index contributed by atoms with van der Waals surface area (Å²) in [7, 11) is 4.26. The second-order valence-corrected chi connectivity index (χ2v) is 10.3. The van der Waals surface area contributed by atoms with Crippen molar-refractivity contribution in [2.75, 3.05) is 40.3 Å². The van der Waals surface area contributed by atoms with E-state index in [0.29, 0.717) is 22.3 Å². The van der Waals surface area contributed by atoms with Gasteiger partial charge in [-0.25, -0.2) is 0 Å². The molecule has 0 amide bonds. The lowest BCUT2D eigenvalue weighted by atomic mass is 9.89. The molecule has 0 bridgehead atoms. The molecule has 1 saturated heterocycles. The molecule has 1 aliphatic rings. The Morgan fingerprint density at radius 3 is 2.58 bits per heavy atom. The van der Waals surface area contributed by atoms with E-state index in [-0.39, 0.29) is 11.4 Å². The highest BCUT2D eigenvalue weighted by molar-refractivity contribution is 14.1. The highest BCUT2D eigenvalue weighted by Crippen LogP contribution is 2.30. The molecule has 2 aromatic carbocycles. The van der Waals surface area contributed by atoms with Gasteiger partial charge in [-0.3, -0.25) is 14.8 Å². The molecular formula is C26H31IN4O2. The zero-order valence-electron chi connectivity index (χ0n) is 19.2. The normalized spacial score (nSPS) is 15.8. The van der Waals surface area contributed by atoms with E-state index < -0.39 is 0 Å². The van der Waals surface area contributed by atoms with Crippen molar-refractivity contribution in [2.24, 2.45) is 4.99 Å². The van der Waals surface area contributed by atoms with Crippen LogP contribution < -0.4 is 5.56 Å². The minimum absolute atomic E-state index is 0.160. The van der Waals surface area contributed by atoms with Gasteiger partial charge in [0, 0.05) is 20.6 Å². The van der Waals surface area contributed by atoms with Gasteiger partial charge >= 0.3 is 0 Å². The Morgan fingerprint density at radius 1 is 1.15 bits per heavy atom. The van der Waals surface area contributed by atoms with Crippen LogP contribution in [0.4, 0.5) is 5.69 Å². The summed E-state index contributed by atoms with van der Waals surface area (Å²) in [5.74, 6) is 0.439. The molecule has 1 fully saturated rings. The van der Waals surface area contributed by atoms with Crippen LogP contribution in [0.5, 0.6) is 5.88 Å². The van der Waals surface area contributed by atoms with Crippen LogP contribution in [0, 0.1) is 3.57 Å². The molecule has 33 heavy (non-hydrogen) atoms. The van der Waals surface area contributed by atoms with Crippen LogP contribution in [0.15, 0.2) is 52.3 Å². The van der Waals surface area contributed by atoms with Crippen LogP contribution >= 0.6 is 22.6 Å². The highest BCUT2D eigenvalue weighted by atomic mass is 127. The van der Waals surface area contributed by atoms with Crippen LogP contribution in [0.25, 0.3) is 10.8 Å². The third-order valence-corrected chi connectivity index (χ3v) is 7.05. The highest BCUT2D eigenvalue weighted by Gasteiger charge is 2.20. The van der Waals surface area contributed by atoms with E-state index in [1.807, 2.05) is 24.3 Å². The van der Waals surface area contributed by atoms with Gasteiger partial charge in [0.1, 0.15) is 0 Å². The molecule has 0 spiro atoms. The summed E-state index contributed by atoms with van der Waals surface area (Å²) in [5.41, 5.74) is 2.41. The first-order valence-corrected chi connectivity index (χ1v) is 12.5. The van der Waals surface area contributed by atoms with Crippen molar-refractivity contribution < 1.29 is 5.11 Å². The molecule has 1 aromatic heterocycles. The van der Waals surface area contributed by atoms with Crippen molar-refractivity contribution in [3.8, 4) is 5.88 Å². The number of benzene rings is 2. The standard InChI is InChI=1S/C26H31IN4O2/c1-30(2)12-3-13-31-14-10-19(11-15-31)18-4-7-21(8-5-18)28-17-24-23-16-20(27)6-9-22(23)25(32)29-26(24)33/h4-9,16-17,19H,3,10-15H2,1-2H3,(H2,29,32,33). The molecule has 2 N–H and O–H groups in total. The van der Waals surface area contributed by atoms with Crippen LogP contribution in [-0.4, -0.2) is 66.4 Å². The number of aromatic nitrogens is 1. The van der Waals surface area contributed by atoms with E-state index >= 15 is 0 Å². The Bertz CT molecular complexity index is 1180. The third kappa shape index (κ3) is 6.02. The fourth-order valence-electron chi connectivity index (χ4n) is 4.51. The van der Waals surface area contributed by atoms with Gasteiger partial charge in [0.15, 0.2) is 0 Å². The van der Waals surface area contributed by atoms with Gasteiger partial charge in [-0.2, -0.15) is 0 Å². The maximum absolute atomic E-state index is 12.2. The number of piperidine rings is 1. The molecular weight excluding hydrogens is 527 g/mol. The maximum Gasteiger partial charge on any atom is 0.258 e. The molecule has 0 radical (unpaired) electrons. The summed E-state index contributed by atoms with van der Waals surface area (Å²) in [4.78, 5) is 24.1. The quantitative estimate of drug-likeness (QED) is 0.325. The smallest absolute Gasteiger partial charge is 0.258 e. The molecule has 6 nitrogen and oxygen atoms in total. The lowest BCUT2D eigenvalue weighted by Gasteiger charge is -2.32. The van der Waals surface area contributed by atoms with Crippen molar-refractivity contribution >= 4 is 45.3 Å². The van der Waals surface area contributed by atoms with Crippen molar-refractivity contribution in [1.82, 2.24) is 14.8 Å². The number of hydrogen-bond donors (Lipinski definition) is 2.